The third-order valence-electron chi connectivity index (χ3n) is 0.175. The van der Waals surface area contributed by atoms with Gasteiger partial charge in [-0.15, -0.1) is 0 Å². The lowest BCUT2D eigenvalue weighted by atomic mass is 10.7. The third kappa shape index (κ3) is 399. The number of carbonyl (C=O) groups excluding carboxylic acids is 2. The molecule has 4 nitrogen and oxygen atoms in total. The average molecular weight is 132 g/mol. The largest absolute Gasteiger partial charge is 0.478 e. The highest BCUT2D eigenvalue weighted by atomic mass is 16.4. The van der Waals surface area contributed by atoms with E-state index in [1.165, 1.54) is 0 Å². The number of carboxylic acid groups (broad SMARTS) is 1. The molecule has 0 saturated carbocycles. The summed E-state index contributed by atoms with van der Waals surface area (Å²) < 4.78 is 0. The Hall–Kier alpha value is -1.41. The van der Waals surface area contributed by atoms with Gasteiger partial charge in [-0.25, -0.2) is 4.79 Å². The first-order chi connectivity index (χ1) is 3.68. The van der Waals surface area contributed by atoms with Crippen molar-refractivity contribution in [3.05, 3.63) is 12.7 Å². The minimum atomic E-state index is -0.981. The number of rotatable bonds is 1. The van der Waals surface area contributed by atoms with E-state index in [2.05, 4.69) is 6.58 Å². The van der Waals surface area contributed by atoms with E-state index in [0.717, 1.165) is 6.08 Å². The van der Waals surface area contributed by atoms with E-state index in [4.69, 9.17) is 14.7 Å². The quantitative estimate of drug-likeness (QED) is 0.521. The Balaban J connectivity index is -0.0000000800. The van der Waals surface area contributed by atoms with Crippen molar-refractivity contribution in [2.24, 2.45) is 0 Å². The van der Waals surface area contributed by atoms with E-state index >= 15 is 0 Å². The van der Waals surface area contributed by atoms with Crippen LogP contribution < -0.4 is 0 Å². The van der Waals surface area contributed by atoms with Gasteiger partial charge >= 0.3 is 12.1 Å². The van der Waals surface area contributed by atoms with Crippen LogP contribution in [0.25, 0.3) is 0 Å². The number of aliphatic carboxylic acids is 1. The number of carboxylic acids is 1. The number of hydrogen-bond donors (Lipinski definition) is 1. The summed E-state index contributed by atoms with van der Waals surface area (Å²) in [7, 11) is 0. The van der Waals surface area contributed by atoms with Crippen molar-refractivity contribution in [3.8, 4) is 0 Å². The van der Waals surface area contributed by atoms with Gasteiger partial charge in [-0.1, -0.05) is 14.0 Å². The Morgan fingerprint density at radius 2 is 1.67 bits per heavy atom. The van der Waals surface area contributed by atoms with Gasteiger partial charge in [0.15, 0.2) is 0 Å². The van der Waals surface area contributed by atoms with Gasteiger partial charge in [0, 0.05) is 6.08 Å². The second kappa shape index (κ2) is 16.0. The summed E-state index contributed by atoms with van der Waals surface area (Å²) in [5.74, 6) is -0.981. The highest BCUT2D eigenvalue weighted by molar-refractivity contribution is 5.78. The monoisotopic (exact) mass is 132 g/mol. The lowest BCUT2D eigenvalue weighted by Crippen LogP contribution is -1.82. The fourth-order valence-electron chi connectivity index (χ4n) is 0. The summed E-state index contributed by atoms with van der Waals surface area (Å²) in [6, 6.07) is 0. The molecule has 0 rings (SSSR count). The fraction of sp³-hybridized carbons (Fsp3) is 0.200. The van der Waals surface area contributed by atoms with Crippen LogP contribution in [-0.4, -0.2) is 17.2 Å². The second-order valence-electron chi connectivity index (χ2n) is 0.626. The normalized spacial score (nSPS) is 4.44. The molecule has 0 saturated heterocycles. The predicted molar refractivity (Wildman–Crippen MR) is 29.6 cm³/mol. The molecule has 0 radical (unpaired) electrons. The lowest BCUT2D eigenvalue weighted by molar-refractivity contribution is -0.191. The molecule has 0 amide bonds. The molecule has 0 aromatic heterocycles. The lowest BCUT2D eigenvalue weighted by Gasteiger charge is -1.64. The first-order valence-corrected chi connectivity index (χ1v) is 1.53. The zero-order valence-corrected chi connectivity index (χ0v) is 3.96. The molecule has 0 spiro atoms. The zero-order chi connectivity index (χ0) is 6.99. The minimum absolute atomic E-state index is 0. The van der Waals surface area contributed by atoms with Crippen molar-refractivity contribution in [1.29, 1.82) is 0 Å². The van der Waals surface area contributed by atoms with Crippen molar-refractivity contribution in [2.75, 3.05) is 0 Å². The van der Waals surface area contributed by atoms with Crippen molar-refractivity contribution < 1.29 is 19.5 Å². The van der Waals surface area contributed by atoms with E-state index in [1.807, 2.05) is 0 Å². The minimum Gasteiger partial charge on any atom is -0.478 e. The Kier molecular flexibility index (Phi) is 27.8. The van der Waals surface area contributed by atoms with Crippen LogP contribution in [0.4, 0.5) is 0 Å². The van der Waals surface area contributed by atoms with Crippen LogP contribution in [0.3, 0.4) is 0 Å². The topological polar surface area (TPSA) is 71.4 Å². The van der Waals surface area contributed by atoms with E-state index in [-0.39, 0.29) is 13.6 Å². The molecule has 0 aliphatic rings. The van der Waals surface area contributed by atoms with Crippen LogP contribution in [-0.2, 0) is 14.4 Å². The maximum atomic E-state index is 9.25. The van der Waals surface area contributed by atoms with Gasteiger partial charge in [-0.05, 0) is 0 Å². The zero-order valence-electron chi connectivity index (χ0n) is 3.96. The smallest absolute Gasteiger partial charge is 0.373 e. The Morgan fingerprint density at radius 3 is 1.67 bits per heavy atom. The van der Waals surface area contributed by atoms with E-state index in [9.17, 15) is 4.79 Å². The van der Waals surface area contributed by atoms with E-state index in [0.29, 0.717) is 0 Å². The van der Waals surface area contributed by atoms with Gasteiger partial charge < -0.3 is 5.11 Å². The molecular formula is C5H8O4. The predicted octanol–water partition coefficient (Wildman–Crippen LogP) is 0.310. The molecule has 9 heavy (non-hydrogen) atoms. The molecule has 0 bridgehead atoms. The van der Waals surface area contributed by atoms with Crippen molar-refractivity contribution >= 4 is 12.1 Å². The first-order valence-electron chi connectivity index (χ1n) is 1.53. The summed E-state index contributed by atoms with van der Waals surface area (Å²) in [4.78, 5) is 25.5. The van der Waals surface area contributed by atoms with Crippen molar-refractivity contribution in [2.45, 2.75) is 7.43 Å². The van der Waals surface area contributed by atoms with Crippen LogP contribution in [0.1, 0.15) is 7.43 Å². The molecule has 4 heteroatoms. The molecular weight excluding hydrogens is 124 g/mol. The Bertz CT molecular complexity index is 110. The molecule has 52 valence electrons. The Morgan fingerprint density at radius 1 is 1.56 bits per heavy atom. The summed E-state index contributed by atoms with van der Waals surface area (Å²) in [5.41, 5.74) is 0. The molecule has 0 aliphatic heterocycles. The molecule has 0 aliphatic carbocycles. The summed E-state index contributed by atoms with van der Waals surface area (Å²) in [6.07, 6.45) is 1.08. The van der Waals surface area contributed by atoms with Gasteiger partial charge in [-0.2, -0.15) is 9.59 Å². The van der Waals surface area contributed by atoms with Crippen LogP contribution in [0.2, 0.25) is 0 Å². The molecule has 0 aromatic rings. The van der Waals surface area contributed by atoms with Gasteiger partial charge in [0.25, 0.3) is 0 Å². The summed E-state index contributed by atoms with van der Waals surface area (Å²) in [6.45, 7) is 2.96. The Labute approximate surface area is 52.8 Å². The molecule has 0 atom stereocenters. The van der Waals surface area contributed by atoms with Crippen LogP contribution in [0.15, 0.2) is 12.7 Å². The van der Waals surface area contributed by atoms with Crippen LogP contribution in [0, 0.1) is 0 Å². The third-order valence-corrected chi connectivity index (χ3v) is 0.175. The summed E-state index contributed by atoms with van der Waals surface area (Å²) in [5, 5.41) is 7.60. The van der Waals surface area contributed by atoms with Crippen molar-refractivity contribution in [1.82, 2.24) is 0 Å². The van der Waals surface area contributed by atoms with Crippen LogP contribution in [0.5, 0.6) is 0 Å². The van der Waals surface area contributed by atoms with Gasteiger partial charge in [0.05, 0.1) is 0 Å². The van der Waals surface area contributed by atoms with E-state index < -0.39 is 5.97 Å². The van der Waals surface area contributed by atoms with Crippen molar-refractivity contribution in [3.63, 3.8) is 0 Å². The first kappa shape index (κ1) is 15.6. The summed E-state index contributed by atoms with van der Waals surface area (Å²) >= 11 is 0. The highest BCUT2D eigenvalue weighted by Gasteiger charge is 1.73. The number of carbonyl (C=O) groups is 1. The van der Waals surface area contributed by atoms with E-state index in [1.54, 1.807) is 0 Å². The standard InChI is InChI=1S/C3H4O2.CO2.CH4/c1-2-3(4)5;2-1-3;/h2H,1H2,(H,4,5);;1H4. The van der Waals surface area contributed by atoms with Gasteiger partial charge in [0.2, 0.25) is 0 Å². The molecule has 0 heterocycles. The molecule has 1 N–H and O–H groups in total. The maximum Gasteiger partial charge on any atom is 0.373 e. The molecule has 0 unspecified atom stereocenters. The molecule has 0 fully saturated rings. The fourth-order valence-corrected chi connectivity index (χ4v) is 0. The van der Waals surface area contributed by atoms with Gasteiger partial charge in [0.1, 0.15) is 0 Å². The second-order valence-corrected chi connectivity index (χ2v) is 0.626. The van der Waals surface area contributed by atoms with Gasteiger partial charge in [-0.3, -0.25) is 0 Å². The SMILES string of the molecule is C.C=CC(=O)O.O=C=O. The van der Waals surface area contributed by atoms with Crippen LogP contribution >= 0.6 is 0 Å². The average Bonchev–Trinajstić information content (AvgIpc) is 1.69. The highest BCUT2D eigenvalue weighted by Crippen LogP contribution is 1.54. The molecule has 0 aromatic carbocycles. The number of hydrogen-bond acceptors (Lipinski definition) is 3. The maximum absolute atomic E-state index is 9.25.